The lowest BCUT2D eigenvalue weighted by molar-refractivity contribution is 0.0737. The number of carbonyl (C=O) groups is 1. The molecule has 0 spiro atoms. The minimum absolute atomic E-state index is 0.396. The van der Waals surface area contributed by atoms with Crippen LogP contribution in [0, 0.1) is 6.92 Å². The van der Waals surface area contributed by atoms with Crippen molar-refractivity contribution in [1.82, 2.24) is 4.98 Å². The molecule has 0 amide bonds. The standard InChI is InChI=1S/C23H16BrNO2/c1-15-6-5-9-19-20(23(26)27-18-12-10-17(24)11-13-18)14-21(25-22(15)19)16-7-3-2-4-8-16/h2-14H,1H3. The Labute approximate surface area is 165 Å². The molecule has 4 rings (SSSR count). The van der Waals surface area contributed by atoms with Crippen molar-refractivity contribution in [3.63, 3.8) is 0 Å². The van der Waals surface area contributed by atoms with Gasteiger partial charge in [0.25, 0.3) is 0 Å². The van der Waals surface area contributed by atoms with Crippen molar-refractivity contribution in [2.24, 2.45) is 0 Å². The van der Waals surface area contributed by atoms with Crippen LogP contribution in [0.4, 0.5) is 0 Å². The fourth-order valence-corrected chi connectivity index (χ4v) is 3.25. The molecule has 27 heavy (non-hydrogen) atoms. The number of hydrogen-bond acceptors (Lipinski definition) is 3. The molecule has 3 nitrogen and oxygen atoms in total. The van der Waals surface area contributed by atoms with E-state index in [1.807, 2.05) is 67.6 Å². The van der Waals surface area contributed by atoms with E-state index in [4.69, 9.17) is 9.72 Å². The van der Waals surface area contributed by atoms with Gasteiger partial charge in [0.1, 0.15) is 5.75 Å². The third-order valence-corrected chi connectivity index (χ3v) is 4.88. The number of aryl methyl sites for hydroxylation is 1. The van der Waals surface area contributed by atoms with Crippen LogP contribution in [0.5, 0.6) is 5.75 Å². The summed E-state index contributed by atoms with van der Waals surface area (Å²) in [7, 11) is 0. The molecule has 0 radical (unpaired) electrons. The van der Waals surface area contributed by atoms with Gasteiger partial charge in [-0.15, -0.1) is 0 Å². The van der Waals surface area contributed by atoms with Gasteiger partial charge in [0.2, 0.25) is 0 Å². The summed E-state index contributed by atoms with van der Waals surface area (Å²) in [5, 5.41) is 0.789. The summed E-state index contributed by atoms with van der Waals surface area (Å²) < 4.78 is 6.54. The molecule has 1 heterocycles. The summed E-state index contributed by atoms with van der Waals surface area (Å²) in [6, 6.07) is 24.7. The Kier molecular flexibility index (Phi) is 4.73. The van der Waals surface area contributed by atoms with Gasteiger partial charge in [0, 0.05) is 15.4 Å². The van der Waals surface area contributed by atoms with Gasteiger partial charge >= 0.3 is 5.97 Å². The number of aromatic nitrogens is 1. The Balaban J connectivity index is 1.84. The van der Waals surface area contributed by atoms with Crippen molar-refractivity contribution in [2.45, 2.75) is 6.92 Å². The van der Waals surface area contributed by atoms with Crippen molar-refractivity contribution in [3.8, 4) is 17.0 Å². The molecule has 0 saturated heterocycles. The zero-order valence-electron chi connectivity index (χ0n) is 14.6. The number of benzene rings is 3. The van der Waals surface area contributed by atoms with Gasteiger partial charge in [-0.25, -0.2) is 9.78 Å². The first-order valence-corrected chi connectivity index (χ1v) is 9.34. The highest BCUT2D eigenvalue weighted by atomic mass is 79.9. The smallest absolute Gasteiger partial charge is 0.344 e. The van der Waals surface area contributed by atoms with Crippen LogP contribution in [0.15, 0.2) is 83.3 Å². The maximum atomic E-state index is 12.9. The number of pyridine rings is 1. The van der Waals surface area contributed by atoms with Crippen LogP contribution >= 0.6 is 15.9 Å². The molecule has 0 saturated carbocycles. The molecular formula is C23H16BrNO2. The predicted molar refractivity (Wildman–Crippen MR) is 111 cm³/mol. The van der Waals surface area contributed by atoms with E-state index in [-0.39, 0.29) is 0 Å². The van der Waals surface area contributed by atoms with E-state index in [9.17, 15) is 4.79 Å². The van der Waals surface area contributed by atoms with Gasteiger partial charge in [0.05, 0.1) is 16.8 Å². The molecule has 0 N–H and O–H groups in total. The van der Waals surface area contributed by atoms with Crippen molar-refractivity contribution in [2.75, 3.05) is 0 Å². The Morgan fingerprint density at radius 1 is 0.926 bits per heavy atom. The molecule has 0 unspecified atom stereocenters. The van der Waals surface area contributed by atoms with Crippen LogP contribution < -0.4 is 4.74 Å². The summed E-state index contributed by atoms with van der Waals surface area (Å²) in [5.74, 6) is 0.106. The number of halogens is 1. The molecule has 0 atom stereocenters. The maximum absolute atomic E-state index is 12.9. The minimum atomic E-state index is -0.396. The van der Waals surface area contributed by atoms with Crippen molar-refractivity contribution in [1.29, 1.82) is 0 Å². The minimum Gasteiger partial charge on any atom is -0.423 e. The number of fused-ring (bicyclic) bond motifs is 1. The molecule has 0 fully saturated rings. The lowest BCUT2D eigenvalue weighted by Gasteiger charge is -2.11. The fourth-order valence-electron chi connectivity index (χ4n) is 2.98. The van der Waals surface area contributed by atoms with Crippen LogP contribution in [0.1, 0.15) is 15.9 Å². The average Bonchev–Trinajstić information content (AvgIpc) is 2.70. The van der Waals surface area contributed by atoms with Crippen molar-refractivity contribution >= 4 is 32.8 Å². The normalized spacial score (nSPS) is 10.7. The zero-order chi connectivity index (χ0) is 18.8. The molecule has 132 valence electrons. The Morgan fingerprint density at radius 2 is 1.67 bits per heavy atom. The van der Waals surface area contributed by atoms with Gasteiger partial charge in [-0.2, -0.15) is 0 Å². The summed E-state index contributed by atoms with van der Waals surface area (Å²) >= 11 is 3.38. The molecule has 3 aromatic carbocycles. The molecule has 0 aliphatic heterocycles. The van der Waals surface area contributed by atoms with Crippen LogP contribution in [-0.2, 0) is 0 Å². The monoisotopic (exact) mass is 417 g/mol. The van der Waals surface area contributed by atoms with Crippen LogP contribution in [-0.4, -0.2) is 11.0 Å². The second kappa shape index (κ2) is 7.33. The van der Waals surface area contributed by atoms with Gasteiger partial charge in [-0.3, -0.25) is 0 Å². The van der Waals surface area contributed by atoms with E-state index in [0.29, 0.717) is 11.3 Å². The Morgan fingerprint density at radius 3 is 2.41 bits per heavy atom. The topological polar surface area (TPSA) is 39.2 Å². The highest BCUT2D eigenvalue weighted by Gasteiger charge is 2.17. The first kappa shape index (κ1) is 17.4. The number of para-hydroxylation sites is 1. The second-order valence-corrected chi connectivity index (χ2v) is 7.15. The third-order valence-electron chi connectivity index (χ3n) is 4.35. The predicted octanol–water partition coefficient (Wildman–Crippen LogP) is 6.19. The zero-order valence-corrected chi connectivity index (χ0v) is 16.2. The van der Waals surface area contributed by atoms with Gasteiger partial charge in [0.15, 0.2) is 0 Å². The summed E-state index contributed by atoms with van der Waals surface area (Å²) in [6.45, 7) is 1.99. The number of nitrogens with zero attached hydrogens (tertiary/aromatic N) is 1. The van der Waals surface area contributed by atoms with Crippen molar-refractivity contribution in [3.05, 3.63) is 94.5 Å². The van der Waals surface area contributed by atoms with E-state index in [0.717, 1.165) is 32.2 Å². The fraction of sp³-hybridized carbons (Fsp3) is 0.0435. The van der Waals surface area contributed by atoms with E-state index in [1.165, 1.54) is 0 Å². The molecule has 0 aliphatic rings. The Bertz CT molecular complexity index is 1120. The highest BCUT2D eigenvalue weighted by Crippen LogP contribution is 2.28. The number of esters is 1. The largest absolute Gasteiger partial charge is 0.423 e. The molecule has 4 aromatic rings. The summed E-state index contributed by atoms with van der Waals surface area (Å²) in [5.41, 5.74) is 4.04. The maximum Gasteiger partial charge on any atom is 0.344 e. The van der Waals surface area contributed by atoms with E-state index in [2.05, 4.69) is 15.9 Å². The van der Waals surface area contributed by atoms with Crippen LogP contribution in [0.2, 0.25) is 0 Å². The van der Waals surface area contributed by atoms with Gasteiger partial charge in [-0.1, -0.05) is 64.5 Å². The first-order valence-electron chi connectivity index (χ1n) is 8.55. The lowest BCUT2D eigenvalue weighted by Crippen LogP contribution is -2.10. The SMILES string of the molecule is Cc1cccc2c(C(=O)Oc3ccc(Br)cc3)cc(-c3ccccc3)nc12. The van der Waals surface area contributed by atoms with E-state index < -0.39 is 5.97 Å². The number of ether oxygens (including phenoxy) is 1. The molecule has 0 bridgehead atoms. The van der Waals surface area contributed by atoms with Crippen molar-refractivity contribution < 1.29 is 9.53 Å². The quantitative estimate of drug-likeness (QED) is 0.294. The number of hydrogen-bond donors (Lipinski definition) is 0. The third kappa shape index (κ3) is 3.62. The number of rotatable bonds is 3. The second-order valence-electron chi connectivity index (χ2n) is 6.24. The van der Waals surface area contributed by atoms with E-state index in [1.54, 1.807) is 18.2 Å². The lowest BCUT2D eigenvalue weighted by atomic mass is 10.0. The molecule has 4 heteroatoms. The highest BCUT2D eigenvalue weighted by molar-refractivity contribution is 9.10. The average molecular weight is 418 g/mol. The van der Waals surface area contributed by atoms with E-state index >= 15 is 0 Å². The molecule has 1 aromatic heterocycles. The van der Waals surface area contributed by atoms with Gasteiger partial charge in [-0.05, 0) is 42.8 Å². The van der Waals surface area contributed by atoms with Crippen LogP contribution in [0.3, 0.4) is 0 Å². The first-order chi connectivity index (χ1) is 13.1. The molecular weight excluding hydrogens is 402 g/mol. The Hall–Kier alpha value is -2.98. The summed E-state index contributed by atoms with van der Waals surface area (Å²) in [6.07, 6.45) is 0. The van der Waals surface area contributed by atoms with Gasteiger partial charge < -0.3 is 4.74 Å². The van der Waals surface area contributed by atoms with Crippen LogP contribution in [0.25, 0.3) is 22.2 Å². The summed E-state index contributed by atoms with van der Waals surface area (Å²) in [4.78, 5) is 17.7. The number of carbonyl (C=O) groups excluding carboxylic acids is 1. The molecule has 0 aliphatic carbocycles.